The highest BCUT2D eigenvalue weighted by Crippen LogP contribution is 2.33. The van der Waals surface area contributed by atoms with Crippen molar-refractivity contribution >= 4 is 16.6 Å². The molecule has 17 heavy (non-hydrogen) atoms. The second kappa shape index (κ2) is 3.62. The minimum absolute atomic E-state index is 0.00815. The molecule has 0 radical (unpaired) electrons. The number of rotatable bonds is 1. The summed E-state index contributed by atoms with van der Waals surface area (Å²) in [5, 5.41) is 19.3. The molecule has 5 heteroatoms. The lowest BCUT2D eigenvalue weighted by atomic mass is 10.0. The maximum atomic E-state index is 11.6. The van der Waals surface area contributed by atoms with Crippen LogP contribution in [0.5, 0.6) is 11.5 Å². The van der Waals surface area contributed by atoms with Crippen molar-refractivity contribution in [2.75, 3.05) is 0 Å². The zero-order valence-corrected chi connectivity index (χ0v) is 9.27. The van der Waals surface area contributed by atoms with Gasteiger partial charge >= 0.3 is 5.63 Å². The Bertz CT molecular complexity index is 681. The third-order valence-corrected chi connectivity index (χ3v) is 2.48. The predicted octanol–water partition coefficient (Wildman–Crippen LogP) is 1.72. The second-order valence-corrected chi connectivity index (χ2v) is 3.78. The number of carbonyl (C=O) groups is 1. The lowest BCUT2D eigenvalue weighted by molar-refractivity contribution is 0.101. The van der Waals surface area contributed by atoms with Crippen LogP contribution in [-0.4, -0.2) is 16.0 Å². The Morgan fingerprint density at radius 1 is 1.24 bits per heavy atom. The summed E-state index contributed by atoms with van der Waals surface area (Å²) in [5.41, 5.74) is -0.728. The van der Waals surface area contributed by atoms with Crippen molar-refractivity contribution in [2.45, 2.75) is 13.8 Å². The maximum Gasteiger partial charge on any atom is 0.347 e. The maximum absolute atomic E-state index is 11.6. The summed E-state index contributed by atoms with van der Waals surface area (Å²) in [4.78, 5) is 23.0. The van der Waals surface area contributed by atoms with Gasteiger partial charge in [0, 0.05) is 11.5 Å². The molecule has 0 aliphatic rings. The number of ketones is 1. The van der Waals surface area contributed by atoms with Crippen molar-refractivity contribution in [2.24, 2.45) is 0 Å². The third kappa shape index (κ3) is 1.65. The van der Waals surface area contributed by atoms with Gasteiger partial charge in [-0.05, 0) is 19.9 Å². The first-order chi connectivity index (χ1) is 7.91. The van der Waals surface area contributed by atoms with Crippen LogP contribution in [0.15, 0.2) is 21.3 Å². The van der Waals surface area contributed by atoms with E-state index in [9.17, 15) is 19.8 Å². The monoisotopic (exact) mass is 234 g/mol. The van der Waals surface area contributed by atoms with E-state index in [0.717, 1.165) is 6.07 Å². The summed E-state index contributed by atoms with van der Waals surface area (Å²) in [6.45, 7) is 2.82. The summed E-state index contributed by atoms with van der Waals surface area (Å²) in [7, 11) is 0. The molecule has 0 saturated carbocycles. The van der Waals surface area contributed by atoms with E-state index in [2.05, 4.69) is 0 Å². The Morgan fingerprint density at radius 2 is 1.88 bits per heavy atom. The van der Waals surface area contributed by atoms with Crippen LogP contribution in [0.1, 0.15) is 23.0 Å². The minimum Gasteiger partial charge on any atom is -0.507 e. The molecule has 0 fully saturated rings. The van der Waals surface area contributed by atoms with E-state index < -0.39 is 17.2 Å². The molecule has 1 aromatic carbocycles. The molecule has 0 atom stereocenters. The quantitative estimate of drug-likeness (QED) is 0.733. The Morgan fingerprint density at radius 3 is 2.47 bits per heavy atom. The van der Waals surface area contributed by atoms with E-state index >= 15 is 0 Å². The summed E-state index contributed by atoms with van der Waals surface area (Å²) in [6.07, 6.45) is 0. The number of phenolic OH excluding ortho intramolecular Hbond substituents is 2. The second-order valence-electron chi connectivity index (χ2n) is 3.78. The van der Waals surface area contributed by atoms with Crippen molar-refractivity contribution in [3.63, 3.8) is 0 Å². The molecule has 2 rings (SSSR count). The topological polar surface area (TPSA) is 87.7 Å². The summed E-state index contributed by atoms with van der Waals surface area (Å²) in [6, 6.07) is 2.40. The van der Waals surface area contributed by atoms with Crippen molar-refractivity contribution < 1.29 is 19.4 Å². The lowest BCUT2D eigenvalue weighted by Gasteiger charge is -2.07. The van der Waals surface area contributed by atoms with Crippen molar-refractivity contribution in [3.05, 3.63) is 33.9 Å². The molecule has 1 heterocycles. The Hall–Kier alpha value is -2.30. The van der Waals surface area contributed by atoms with Crippen LogP contribution in [-0.2, 0) is 0 Å². The number of aromatic hydroxyl groups is 2. The SMILES string of the molecule is CC(=O)c1c(O)cc(O)c2c(=O)oc(C)cc12. The zero-order chi connectivity index (χ0) is 12.7. The fraction of sp³-hybridized carbons (Fsp3) is 0.167. The summed E-state index contributed by atoms with van der Waals surface area (Å²) < 4.78 is 4.84. The van der Waals surface area contributed by atoms with Gasteiger partial charge in [0.15, 0.2) is 5.78 Å². The first kappa shape index (κ1) is 11.2. The van der Waals surface area contributed by atoms with Crippen molar-refractivity contribution in [1.82, 2.24) is 0 Å². The van der Waals surface area contributed by atoms with Gasteiger partial charge in [0.1, 0.15) is 22.6 Å². The molecular weight excluding hydrogens is 224 g/mol. The van der Waals surface area contributed by atoms with Crippen LogP contribution >= 0.6 is 0 Å². The molecule has 0 aliphatic heterocycles. The van der Waals surface area contributed by atoms with Crippen LogP contribution in [0.3, 0.4) is 0 Å². The number of hydrogen-bond acceptors (Lipinski definition) is 5. The van der Waals surface area contributed by atoms with Gasteiger partial charge in [0.05, 0.1) is 5.56 Å². The van der Waals surface area contributed by atoms with Gasteiger partial charge in [0.25, 0.3) is 0 Å². The highest BCUT2D eigenvalue weighted by Gasteiger charge is 2.18. The Balaban J connectivity index is 3.11. The first-order valence-electron chi connectivity index (χ1n) is 4.92. The smallest absolute Gasteiger partial charge is 0.347 e. The van der Waals surface area contributed by atoms with Gasteiger partial charge in [-0.15, -0.1) is 0 Å². The van der Waals surface area contributed by atoms with Gasteiger partial charge in [-0.2, -0.15) is 0 Å². The summed E-state index contributed by atoms with van der Waals surface area (Å²) >= 11 is 0. The number of phenols is 2. The first-order valence-corrected chi connectivity index (χ1v) is 4.92. The number of hydrogen-bond donors (Lipinski definition) is 2. The molecule has 0 amide bonds. The van der Waals surface area contributed by atoms with Gasteiger partial charge in [-0.3, -0.25) is 4.79 Å². The normalized spacial score (nSPS) is 10.7. The van der Waals surface area contributed by atoms with E-state index in [1.54, 1.807) is 6.92 Å². The zero-order valence-electron chi connectivity index (χ0n) is 9.27. The molecule has 5 nitrogen and oxygen atoms in total. The van der Waals surface area contributed by atoms with Gasteiger partial charge in [-0.25, -0.2) is 4.79 Å². The average Bonchev–Trinajstić information content (AvgIpc) is 2.13. The molecule has 88 valence electrons. The van der Waals surface area contributed by atoms with Crippen LogP contribution in [0.2, 0.25) is 0 Å². The number of carbonyl (C=O) groups excluding carboxylic acids is 1. The van der Waals surface area contributed by atoms with E-state index in [4.69, 9.17) is 4.42 Å². The van der Waals surface area contributed by atoms with Crippen LogP contribution in [0.4, 0.5) is 0 Å². The molecule has 0 aliphatic carbocycles. The summed E-state index contributed by atoms with van der Waals surface area (Å²) in [5.74, 6) is -0.851. The van der Waals surface area contributed by atoms with Crippen LogP contribution < -0.4 is 5.63 Å². The van der Waals surface area contributed by atoms with Crippen LogP contribution in [0, 0.1) is 6.92 Å². The molecule has 0 saturated heterocycles. The number of Topliss-reactive ketones (excluding diaryl/α,β-unsaturated/α-hetero) is 1. The van der Waals surface area contributed by atoms with Crippen molar-refractivity contribution in [1.29, 1.82) is 0 Å². The predicted molar refractivity (Wildman–Crippen MR) is 60.6 cm³/mol. The number of benzene rings is 1. The third-order valence-electron chi connectivity index (χ3n) is 2.48. The molecule has 2 N–H and O–H groups in total. The molecule has 0 unspecified atom stereocenters. The highest BCUT2D eigenvalue weighted by atomic mass is 16.4. The standard InChI is InChI=1S/C12H10O5/c1-5-3-7-10(6(2)13)8(14)4-9(15)11(7)12(16)17-5/h3-4,14-15H,1-2H3. The van der Waals surface area contributed by atoms with E-state index in [-0.39, 0.29) is 22.1 Å². The Labute approximate surface area is 95.9 Å². The highest BCUT2D eigenvalue weighted by molar-refractivity contribution is 6.10. The van der Waals surface area contributed by atoms with E-state index in [1.165, 1.54) is 13.0 Å². The van der Waals surface area contributed by atoms with Crippen LogP contribution in [0.25, 0.3) is 10.8 Å². The molecule has 0 bridgehead atoms. The van der Waals surface area contributed by atoms with Gasteiger partial charge in [-0.1, -0.05) is 0 Å². The average molecular weight is 234 g/mol. The molecule has 1 aromatic heterocycles. The molecule has 2 aromatic rings. The van der Waals surface area contributed by atoms with E-state index in [0.29, 0.717) is 5.76 Å². The lowest BCUT2D eigenvalue weighted by Crippen LogP contribution is -2.04. The number of fused-ring (bicyclic) bond motifs is 1. The van der Waals surface area contributed by atoms with Gasteiger partial charge in [0.2, 0.25) is 0 Å². The fourth-order valence-corrected chi connectivity index (χ4v) is 1.83. The number of aryl methyl sites for hydroxylation is 1. The minimum atomic E-state index is -0.736. The van der Waals surface area contributed by atoms with Gasteiger partial charge < -0.3 is 14.6 Å². The largest absolute Gasteiger partial charge is 0.507 e. The molecular formula is C12H10O5. The molecule has 0 spiro atoms. The fourth-order valence-electron chi connectivity index (χ4n) is 1.83. The van der Waals surface area contributed by atoms with Crippen molar-refractivity contribution in [3.8, 4) is 11.5 Å². The Kier molecular flexibility index (Phi) is 2.38. The van der Waals surface area contributed by atoms with E-state index in [1.807, 2.05) is 0 Å².